The number of nitrogens with one attached hydrogen (secondary N) is 1. The number of hydrogen-bond acceptors (Lipinski definition) is 2. The lowest BCUT2D eigenvalue weighted by Gasteiger charge is -2.07. The molecule has 1 heterocycles. The highest BCUT2D eigenvalue weighted by Crippen LogP contribution is 2.32. The number of H-pyrrole nitrogens is 1. The van der Waals surface area contributed by atoms with E-state index in [0.717, 1.165) is 10.5 Å². The van der Waals surface area contributed by atoms with E-state index < -0.39 is 11.9 Å². The van der Waals surface area contributed by atoms with Gasteiger partial charge in [-0.15, -0.1) is 11.8 Å². The smallest absolute Gasteiger partial charge is 0.282 e. The van der Waals surface area contributed by atoms with Crippen LogP contribution in [-0.2, 0) is 12.6 Å². The second-order valence-electron chi connectivity index (χ2n) is 4.20. The summed E-state index contributed by atoms with van der Waals surface area (Å²) in [6.45, 7) is 1.60. The van der Waals surface area contributed by atoms with E-state index in [-0.39, 0.29) is 12.0 Å². The first-order chi connectivity index (χ1) is 8.91. The van der Waals surface area contributed by atoms with Gasteiger partial charge in [0.2, 0.25) is 0 Å². The Kier molecular flexibility index (Phi) is 3.89. The van der Waals surface area contributed by atoms with Crippen molar-refractivity contribution in [2.24, 2.45) is 0 Å². The second-order valence-corrected chi connectivity index (χ2v) is 5.08. The maximum atomic E-state index is 12.8. The molecule has 0 saturated carbocycles. The van der Waals surface area contributed by atoms with Gasteiger partial charge in [-0.3, -0.25) is 5.10 Å². The number of aromatic amines is 1. The minimum absolute atomic E-state index is 0.212. The van der Waals surface area contributed by atoms with E-state index in [9.17, 15) is 13.2 Å². The van der Waals surface area contributed by atoms with E-state index in [1.165, 1.54) is 0 Å². The quantitative estimate of drug-likeness (QED) is 0.862. The highest BCUT2D eigenvalue weighted by molar-refractivity contribution is 7.98. The fourth-order valence-electron chi connectivity index (χ4n) is 1.85. The van der Waals surface area contributed by atoms with Crippen molar-refractivity contribution in [3.05, 3.63) is 46.8 Å². The van der Waals surface area contributed by atoms with Gasteiger partial charge in [-0.1, -0.05) is 12.1 Å². The maximum Gasteiger partial charge on any atom is 0.435 e. The van der Waals surface area contributed by atoms with Crippen LogP contribution < -0.4 is 0 Å². The summed E-state index contributed by atoms with van der Waals surface area (Å²) in [5.74, 6) is 0. The van der Waals surface area contributed by atoms with Crippen molar-refractivity contribution in [1.82, 2.24) is 10.2 Å². The topological polar surface area (TPSA) is 28.7 Å². The first-order valence-electron chi connectivity index (χ1n) is 5.66. The predicted octanol–water partition coefficient (Wildman–Crippen LogP) is 4.05. The molecule has 0 aliphatic rings. The zero-order valence-corrected chi connectivity index (χ0v) is 11.3. The summed E-state index contributed by atoms with van der Waals surface area (Å²) in [5.41, 5.74) is 0.692. The molecule has 0 fully saturated rings. The summed E-state index contributed by atoms with van der Waals surface area (Å²) in [5, 5.41) is 5.78. The third-order valence-electron chi connectivity index (χ3n) is 2.88. The Morgan fingerprint density at radius 3 is 2.37 bits per heavy atom. The minimum Gasteiger partial charge on any atom is -0.282 e. The molecule has 0 bridgehead atoms. The van der Waals surface area contributed by atoms with Crippen LogP contribution in [0.15, 0.2) is 29.2 Å². The van der Waals surface area contributed by atoms with Crippen LogP contribution >= 0.6 is 11.8 Å². The first kappa shape index (κ1) is 14.0. The highest BCUT2D eigenvalue weighted by Gasteiger charge is 2.37. The lowest BCUT2D eigenvalue weighted by atomic mass is 10.0. The number of nitrogens with zero attached hydrogens (tertiary/aromatic N) is 1. The van der Waals surface area contributed by atoms with E-state index in [1.807, 2.05) is 30.5 Å². The average Bonchev–Trinajstić information content (AvgIpc) is 2.72. The maximum absolute atomic E-state index is 12.8. The predicted molar refractivity (Wildman–Crippen MR) is 69.4 cm³/mol. The summed E-state index contributed by atoms with van der Waals surface area (Å²) in [7, 11) is 0. The Morgan fingerprint density at radius 2 is 1.84 bits per heavy atom. The summed E-state index contributed by atoms with van der Waals surface area (Å²) in [4.78, 5) is 1.09. The molecule has 0 atom stereocenters. The number of benzene rings is 1. The molecular weight excluding hydrogens is 273 g/mol. The van der Waals surface area contributed by atoms with Crippen LogP contribution in [0, 0.1) is 6.92 Å². The SMILES string of the molecule is CSc1ccc(Cc2c(C(F)(F)F)n[nH]c2C)cc1. The van der Waals surface area contributed by atoms with Crippen LogP contribution in [0.25, 0.3) is 0 Å². The lowest BCUT2D eigenvalue weighted by Crippen LogP contribution is -2.09. The lowest BCUT2D eigenvalue weighted by molar-refractivity contribution is -0.141. The van der Waals surface area contributed by atoms with Crippen LogP contribution in [0.5, 0.6) is 0 Å². The molecule has 1 N–H and O–H groups in total. The van der Waals surface area contributed by atoms with Gasteiger partial charge in [-0.05, 0) is 30.9 Å². The van der Waals surface area contributed by atoms with Crippen molar-refractivity contribution in [2.75, 3.05) is 6.26 Å². The molecule has 0 radical (unpaired) electrons. The molecule has 1 aromatic carbocycles. The van der Waals surface area contributed by atoms with Crippen molar-refractivity contribution >= 4 is 11.8 Å². The molecule has 2 rings (SSSR count). The number of aromatic nitrogens is 2. The Hall–Kier alpha value is -1.43. The van der Waals surface area contributed by atoms with Crippen molar-refractivity contribution in [3.8, 4) is 0 Å². The minimum atomic E-state index is -4.42. The molecule has 0 unspecified atom stereocenters. The molecule has 102 valence electrons. The molecule has 2 aromatic rings. The Bertz CT molecular complexity index is 558. The highest BCUT2D eigenvalue weighted by atomic mass is 32.2. The molecule has 0 aliphatic heterocycles. The number of hydrogen-bond donors (Lipinski definition) is 1. The number of rotatable bonds is 3. The van der Waals surface area contributed by atoms with Crippen molar-refractivity contribution in [2.45, 2.75) is 24.4 Å². The molecule has 1 aromatic heterocycles. The van der Waals surface area contributed by atoms with E-state index in [1.54, 1.807) is 18.7 Å². The van der Waals surface area contributed by atoms with Crippen molar-refractivity contribution < 1.29 is 13.2 Å². The fourth-order valence-corrected chi connectivity index (χ4v) is 2.26. The summed E-state index contributed by atoms with van der Waals surface area (Å²) < 4.78 is 38.4. The number of aryl methyl sites for hydroxylation is 1. The Morgan fingerprint density at radius 1 is 1.21 bits per heavy atom. The third kappa shape index (κ3) is 3.12. The second kappa shape index (κ2) is 5.28. The monoisotopic (exact) mass is 286 g/mol. The summed E-state index contributed by atoms with van der Waals surface area (Å²) in [6, 6.07) is 7.50. The van der Waals surface area contributed by atoms with Crippen LogP contribution in [0.2, 0.25) is 0 Å². The Balaban J connectivity index is 2.30. The van der Waals surface area contributed by atoms with E-state index in [4.69, 9.17) is 0 Å². The van der Waals surface area contributed by atoms with Crippen molar-refractivity contribution in [1.29, 1.82) is 0 Å². The van der Waals surface area contributed by atoms with Gasteiger partial charge in [0.05, 0.1) is 0 Å². The van der Waals surface area contributed by atoms with Crippen LogP contribution in [0.1, 0.15) is 22.5 Å². The van der Waals surface area contributed by atoms with Gasteiger partial charge in [0.15, 0.2) is 5.69 Å². The van der Waals surface area contributed by atoms with Crippen LogP contribution in [-0.4, -0.2) is 16.5 Å². The van der Waals surface area contributed by atoms with E-state index in [2.05, 4.69) is 10.2 Å². The van der Waals surface area contributed by atoms with Gasteiger partial charge in [0.1, 0.15) is 0 Å². The fraction of sp³-hybridized carbons (Fsp3) is 0.308. The van der Waals surface area contributed by atoms with Gasteiger partial charge in [-0.2, -0.15) is 18.3 Å². The van der Waals surface area contributed by atoms with Gasteiger partial charge < -0.3 is 0 Å². The molecule has 6 heteroatoms. The standard InChI is InChI=1S/C13H13F3N2S/c1-8-11(12(18-17-8)13(14,15)16)7-9-3-5-10(19-2)6-4-9/h3-6H,7H2,1-2H3,(H,17,18). The van der Waals surface area contributed by atoms with Gasteiger partial charge >= 0.3 is 6.18 Å². The number of halogens is 3. The zero-order valence-electron chi connectivity index (χ0n) is 10.5. The van der Waals surface area contributed by atoms with Gasteiger partial charge in [-0.25, -0.2) is 0 Å². The molecule has 0 aliphatic carbocycles. The third-order valence-corrected chi connectivity index (χ3v) is 3.63. The molecule has 2 nitrogen and oxygen atoms in total. The Labute approximate surface area is 113 Å². The van der Waals surface area contributed by atoms with E-state index in [0.29, 0.717) is 5.69 Å². The van der Waals surface area contributed by atoms with E-state index >= 15 is 0 Å². The van der Waals surface area contributed by atoms with Gasteiger partial charge in [0, 0.05) is 22.6 Å². The zero-order chi connectivity index (χ0) is 14.0. The largest absolute Gasteiger partial charge is 0.435 e. The molecule has 0 spiro atoms. The van der Waals surface area contributed by atoms with Crippen LogP contribution in [0.4, 0.5) is 13.2 Å². The normalized spacial score (nSPS) is 11.8. The van der Waals surface area contributed by atoms with Crippen LogP contribution in [0.3, 0.4) is 0 Å². The molecule has 0 amide bonds. The average molecular weight is 286 g/mol. The molecular formula is C13H13F3N2S. The first-order valence-corrected chi connectivity index (χ1v) is 6.88. The summed E-state index contributed by atoms with van der Waals surface area (Å²) >= 11 is 1.60. The number of thioether (sulfide) groups is 1. The molecule has 0 saturated heterocycles. The molecule has 19 heavy (non-hydrogen) atoms. The summed E-state index contributed by atoms with van der Waals surface area (Å²) in [6.07, 6.45) is -2.23. The van der Waals surface area contributed by atoms with Gasteiger partial charge in [0.25, 0.3) is 0 Å². The number of alkyl halides is 3. The van der Waals surface area contributed by atoms with Crippen molar-refractivity contribution in [3.63, 3.8) is 0 Å².